The average Bonchev–Trinajstić information content (AvgIpc) is 3.16. The molecule has 0 atom stereocenters. The summed E-state index contributed by atoms with van der Waals surface area (Å²) in [6.45, 7) is 4.27. The second kappa shape index (κ2) is 8.60. The predicted molar refractivity (Wildman–Crippen MR) is 111 cm³/mol. The number of nitrogens with zero attached hydrogens (tertiary/aromatic N) is 2. The van der Waals surface area contributed by atoms with Crippen LogP contribution in [0.2, 0.25) is 0 Å². The van der Waals surface area contributed by atoms with Gasteiger partial charge >= 0.3 is 0 Å². The van der Waals surface area contributed by atoms with Gasteiger partial charge in [0.25, 0.3) is 0 Å². The molecule has 0 aliphatic carbocycles. The van der Waals surface area contributed by atoms with Gasteiger partial charge in [0.2, 0.25) is 0 Å². The first-order chi connectivity index (χ1) is 12.7. The molecule has 0 spiro atoms. The van der Waals surface area contributed by atoms with E-state index in [9.17, 15) is 5.26 Å². The van der Waals surface area contributed by atoms with Crippen LogP contribution in [-0.2, 0) is 6.42 Å². The summed E-state index contributed by atoms with van der Waals surface area (Å²) in [4.78, 5) is 4.66. The molecule has 130 valence electrons. The number of hydrogen-bond donors (Lipinski definition) is 0. The summed E-state index contributed by atoms with van der Waals surface area (Å²) in [6, 6.07) is 19.1. The van der Waals surface area contributed by atoms with Crippen molar-refractivity contribution in [2.45, 2.75) is 33.1 Å². The minimum absolute atomic E-state index is 0.606. The molecule has 1 aromatic heterocycles. The van der Waals surface area contributed by atoms with Crippen molar-refractivity contribution < 1.29 is 0 Å². The van der Waals surface area contributed by atoms with Crippen molar-refractivity contribution in [3.63, 3.8) is 0 Å². The lowest BCUT2D eigenvalue weighted by atomic mass is 10.1. The van der Waals surface area contributed by atoms with E-state index in [2.05, 4.69) is 73.4 Å². The third kappa shape index (κ3) is 4.47. The van der Waals surface area contributed by atoms with Crippen molar-refractivity contribution in [2.24, 2.45) is 0 Å². The molecule has 26 heavy (non-hydrogen) atoms. The van der Waals surface area contributed by atoms with Gasteiger partial charge in [0.15, 0.2) is 0 Å². The van der Waals surface area contributed by atoms with Crippen LogP contribution in [0.1, 0.15) is 41.5 Å². The number of unbranched alkanes of at least 4 members (excludes halogenated alkanes) is 1. The lowest BCUT2D eigenvalue weighted by molar-refractivity contribution is 0.795. The quantitative estimate of drug-likeness (QED) is 0.470. The zero-order chi connectivity index (χ0) is 18.4. The Morgan fingerprint density at radius 3 is 2.50 bits per heavy atom. The Hall–Kier alpha value is -2.70. The monoisotopic (exact) mass is 358 g/mol. The number of allylic oxidation sites excluding steroid dienone is 1. The van der Waals surface area contributed by atoms with Gasteiger partial charge in [-0.05, 0) is 37.0 Å². The van der Waals surface area contributed by atoms with Crippen LogP contribution in [0.5, 0.6) is 0 Å². The molecule has 0 saturated heterocycles. The minimum Gasteiger partial charge on any atom is -0.235 e. The Bertz CT molecular complexity index is 926. The number of aryl methyl sites for hydroxylation is 2. The van der Waals surface area contributed by atoms with Gasteiger partial charge in [0, 0.05) is 10.9 Å². The maximum atomic E-state index is 9.58. The molecule has 0 radical (unpaired) electrons. The van der Waals surface area contributed by atoms with Gasteiger partial charge in [-0.3, -0.25) is 0 Å². The van der Waals surface area contributed by atoms with E-state index >= 15 is 0 Å². The van der Waals surface area contributed by atoms with Crippen LogP contribution in [0.3, 0.4) is 0 Å². The number of nitriles is 1. The van der Waals surface area contributed by atoms with Crippen LogP contribution in [0.25, 0.3) is 22.9 Å². The van der Waals surface area contributed by atoms with Gasteiger partial charge in [-0.15, -0.1) is 11.3 Å². The highest BCUT2D eigenvalue weighted by atomic mass is 32.1. The van der Waals surface area contributed by atoms with E-state index in [1.165, 1.54) is 35.3 Å². The van der Waals surface area contributed by atoms with Crippen molar-refractivity contribution >= 4 is 23.0 Å². The molecule has 0 amide bonds. The molecule has 1 heterocycles. The molecule has 0 aliphatic heterocycles. The van der Waals surface area contributed by atoms with E-state index in [-0.39, 0.29) is 0 Å². The highest BCUT2D eigenvalue weighted by Crippen LogP contribution is 2.27. The molecule has 3 rings (SSSR count). The smallest absolute Gasteiger partial charge is 0.134 e. The zero-order valence-corrected chi connectivity index (χ0v) is 16.0. The fourth-order valence-corrected chi connectivity index (χ4v) is 3.52. The third-order valence-corrected chi connectivity index (χ3v) is 5.19. The lowest BCUT2D eigenvalue weighted by Crippen LogP contribution is -1.86. The first kappa shape index (κ1) is 18.1. The molecule has 0 aliphatic rings. The van der Waals surface area contributed by atoms with E-state index in [0.717, 1.165) is 28.2 Å². The van der Waals surface area contributed by atoms with Crippen LogP contribution in [-0.4, -0.2) is 4.98 Å². The van der Waals surface area contributed by atoms with Crippen molar-refractivity contribution in [2.75, 3.05) is 0 Å². The normalized spacial score (nSPS) is 11.3. The number of hydrogen-bond acceptors (Lipinski definition) is 3. The topological polar surface area (TPSA) is 36.7 Å². The van der Waals surface area contributed by atoms with E-state index in [1.54, 1.807) is 0 Å². The Balaban J connectivity index is 1.81. The Kier molecular flexibility index (Phi) is 5.99. The van der Waals surface area contributed by atoms with Crippen molar-refractivity contribution in [1.29, 1.82) is 5.26 Å². The number of thiazole rings is 1. The fraction of sp³-hybridized carbons (Fsp3) is 0.217. The van der Waals surface area contributed by atoms with E-state index in [1.807, 2.05) is 11.5 Å². The van der Waals surface area contributed by atoms with Gasteiger partial charge < -0.3 is 0 Å². The number of aromatic nitrogens is 1. The predicted octanol–water partition coefficient (Wildman–Crippen LogP) is 6.53. The van der Waals surface area contributed by atoms with E-state index in [4.69, 9.17) is 0 Å². The molecule has 2 nitrogen and oxygen atoms in total. The van der Waals surface area contributed by atoms with Gasteiger partial charge in [0.1, 0.15) is 11.1 Å². The van der Waals surface area contributed by atoms with Gasteiger partial charge in [-0.1, -0.05) is 67.4 Å². The second-order valence-corrected chi connectivity index (χ2v) is 7.28. The van der Waals surface area contributed by atoms with Crippen molar-refractivity contribution in [3.8, 4) is 17.3 Å². The van der Waals surface area contributed by atoms with Gasteiger partial charge in [-0.25, -0.2) is 4.98 Å². The van der Waals surface area contributed by atoms with Crippen LogP contribution in [0, 0.1) is 18.3 Å². The third-order valence-electron chi connectivity index (χ3n) is 4.31. The highest BCUT2D eigenvalue weighted by molar-refractivity contribution is 7.11. The zero-order valence-electron chi connectivity index (χ0n) is 15.2. The second-order valence-electron chi connectivity index (χ2n) is 6.42. The summed E-state index contributed by atoms with van der Waals surface area (Å²) in [5.41, 5.74) is 6.21. The molecular formula is C23H22N2S. The van der Waals surface area contributed by atoms with Crippen molar-refractivity contribution in [1.82, 2.24) is 4.98 Å². The lowest BCUT2D eigenvalue weighted by Gasteiger charge is -2.01. The van der Waals surface area contributed by atoms with E-state index < -0.39 is 0 Å². The first-order valence-corrected chi connectivity index (χ1v) is 9.81. The average molecular weight is 359 g/mol. The fourth-order valence-electron chi connectivity index (χ4n) is 2.72. The molecule has 2 aromatic carbocycles. The molecule has 0 fully saturated rings. The summed E-state index contributed by atoms with van der Waals surface area (Å²) in [6.07, 6.45) is 5.44. The number of benzene rings is 2. The van der Waals surface area contributed by atoms with Crippen LogP contribution < -0.4 is 0 Å². The summed E-state index contributed by atoms with van der Waals surface area (Å²) < 4.78 is 0. The molecule has 0 bridgehead atoms. The highest BCUT2D eigenvalue weighted by Gasteiger charge is 2.09. The molecule has 0 unspecified atom stereocenters. The summed E-state index contributed by atoms with van der Waals surface area (Å²) >= 11 is 1.51. The van der Waals surface area contributed by atoms with Crippen LogP contribution in [0.15, 0.2) is 53.9 Å². The van der Waals surface area contributed by atoms with E-state index in [0.29, 0.717) is 5.57 Å². The van der Waals surface area contributed by atoms with Gasteiger partial charge in [-0.2, -0.15) is 5.26 Å². The summed E-state index contributed by atoms with van der Waals surface area (Å²) in [5.74, 6) is 0. The SMILES string of the molecule is CCCCc1ccc(/C=C(/C#N)c2nc(-c3ccc(C)cc3)cs2)cc1. The molecular weight excluding hydrogens is 336 g/mol. The maximum absolute atomic E-state index is 9.58. The minimum atomic E-state index is 0.606. The number of rotatable bonds is 6. The first-order valence-electron chi connectivity index (χ1n) is 8.93. The Morgan fingerprint density at radius 2 is 1.85 bits per heavy atom. The molecule has 3 heteroatoms. The Labute approximate surface area is 159 Å². The molecule has 3 aromatic rings. The van der Waals surface area contributed by atoms with Crippen molar-refractivity contribution in [3.05, 3.63) is 75.6 Å². The standard InChI is InChI=1S/C23H22N2S/c1-3-4-5-18-8-10-19(11-9-18)14-21(15-24)23-25-22(16-26-23)20-12-6-17(2)7-13-20/h6-14,16H,3-5H2,1-2H3/b21-14-. The van der Waals surface area contributed by atoms with Crippen LogP contribution >= 0.6 is 11.3 Å². The van der Waals surface area contributed by atoms with Gasteiger partial charge in [0.05, 0.1) is 11.3 Å². The summed E-state index contributed by atoms with van der Waals surface area (Å²) in [7, 11) is 0. The maximum Gasteiger partial charge on any atom is 0.134 e. The summed E-state index contributed by atoms with van der Waals surface area (Å²) in [5, 5.41) is 12.4. The molecule has 0 saturated carbocycles. The largest absolute Gasteiger partial charge is 0.235 e. The van der Waals surface area contributed by atoms with Crippen LogP contribution in [0.4, 0.5) is 0 Å². The molecule has 0 N–H and O–H groups in total. The Morgan fingerprint density at radius 1 is 1.12 bits per heavy atom.